The molecule has 0 saturated heterocycles. The molecule has 0 aliphatic rings. The van der Waals surface area contributed by atoms with Crippen LogP contribution in [0.2, 0.25) is 0 Å². The second-order valence-electron chi connectivity index (χ2n) is 17.7. The van der Waals surface area contributed by atoms with Gasteiger partial charge in [-0.2, -0.15) is 0 Å². The van der Waals surface area contributed by atoms with E-state index in [1.807, 2.05) is 12.1 Å². The third-order valence-electron chi connectivity index (χ3n) is 13.6. The van der Waals surface area contributed by atoms with Crippen molar-refractivity contribution in [3.8, 4) is 61.3 Å². The number of furan rings is 1. The summed E-state index contributed by atoms with van der Waals surface area (Å²) in [7, 11) is 0. The molecular formula is C66H44N2O. The average molecular weight is 881 g/mol. The molecule has 0 spiro atoms. The molecule has 0 atom stereocenters. The minimum atomic E-state index is 0.894. The first-order valence-corrected chi connectivity index (χ1v) is 23.6. The number of fused-ring (bicyclic) bond motifs is 6. The van der Waals surface area contributed by atoms with Gasteiger partial charge in [0.05, 0.1) is 11.0 Å². The van der Waals surface area contributed by atoms with Crippen LogP contribution in [-0.2, 0) is 0 Å². The number of aromatic nitrogens is 1. The summed E-state index contributed by atoms with van der Waals surface area (Å²) in [4.78, 5) is 2.36. The van der Waals surface area contributed by atoms with Gasteiger partial charge >= 0.3 is 0 Å². The van der Waals surface area contributed by atoms with Crippen LogP contribution in [0, 0.1) is 0 Å². The fraction of sp³-hybridized carbons (Fsp3) is 0. The standard InChI is InChI=1S/C66H44N2O/c1-3-14-45(15-4-1)47-28-30-48(31-29-47)50-34-38-55(39-35-50)67(54-36-32-49(33-37-54)46-16-5-2-6-17-46)56-21-12-19-52(43-56)51-18-11-20-53(42-51)58-24-13-26-63-66(58)60-23-7-9-25-62(60)68(63)57-40-41-65-61(44-57)59-22-8-10-27-64(59)69-65/h1-44H. The maximum Gasteiger partial charge on any atom is 0.135 e. The molecule has 0 radical (unpaired) electrons. The molecule has 2 aromatic heterocycles. The van der Waals surface area contributed by atoms with E-state index in [1.165, 1.54) is 60.8 Å². The number of hydrogen-bond donors (Lipinski definition) is 0. The Morgan fingerprint density at radius 1 is 0.275 bits per heavy atom. The van der Waals surface area contributed by atoms with Gasteiger partial charge in [-0.3, -0.25) is 0 Å². The van der Waals surface area contributed by atoms with Crippen molar-refractivity contribution >= 4 is 60.8 Å². The molecule has 0 aliphatic heterocycles. The normalized spacial score (nSPS) is 11.5. The third-order valence-corrected chi connectivity index (χ3v) is 13.6. The lowest BCUT2D eigenvalue weighted by Crippen LogP contribution is -2.10. The van der Waals surface area contributed by atoms with Gasteiger partial charge in [0.2, 0.25) is 0 Å². The summed E-state index contributed by atoms with van der Waals surface area (Å²) < 4.78 is 8.63. The first-order valence-electron chi connectivity index (χ1n) is 23.6. The minimum absolute atomic E-state index is 0.894. The van der Waals surface area contributed by atoms with Crippen molar-refractivity contribution in [2.75, 3.05) is 4.90 Å². The Morgan fingerprint density at radius 2 is 0.754 bits per heavy atom. The fourth-order valence-corrected chi connectivity index (χ4v) is 10.3. The van der Waals surface area contributed by atoms with E-state index in [0.29, 0.717) is 0 Å². The number of hydrogen-bond acceptors (Lipinski definition) is 2. The van der Waals surface area contributed by atoms with Crippen LogP contribution < -0.4 is 4.90 Å². The number of benzene rings is 11. The molecule has 0 saturated carbocycles. The van der Waals surface area contributed by atoms with Crippen molar-refractivity contribution in [3.05, 3.63) is 267 Å². The van der Waals surface area contributed by atoms with E-state index in [1.54, 1.807) is 0 Å². The Bertz CT molecular complexity index is 3980. The van der Waals surface area contributed by atoms with Gasteiger partial charge < -0.3 is 13.9 Å². The second-order valence-corrected chi connectivity index (χ2v) is 17.7. The highest BCUT2D eigenvalue weighted by molar-refractivity contribution is 6.16. The van der Waals surface area contributed by atoms with Crippen LogP contribution in [-0.4, -0.2) is 4.57 Å². The highest BCUT2D eigenvalue weighted by Gasteiger charge is 2.19. The van der Waals surface area contributed by atoms with Crippen molar-refractivity contribution in [2.24, 2.45) is 0 Å². The zero-order valence-corrected chi connectivity index (χ0v) is 37.7. The number of rotatable bonds is 9. The highest BCUT2D eigenvalue weighted by Crippen LogP contribution is 2.42. The smallest absolute Gasteiger partial charge is 0.135 e. The van der Waals surface area contributed by atoms with Gasteiger partial charge in [-0.05, 0) is 134 Å². The molecule has 0 aliphatic carbocycles. The van der Waals surface area contributed by atoms with Crippen LogP contribution in [0.4, 0.5) is 17.1 Å². The molecule has 324 valence electrons. The van der Waals surface area contributed by atoms with E-state index >= 15 is 0 Å². The maximum absolute atomic E-state index is 6.23. The average Bonchev–Trinajstić information content (AvgIpc) is 3.98. The van der Waals surface area contributed by atoms with E-state index in [0.717, 1.165) is 61.3 Å². The topological polar surface area (TPSA) is 21.3 Å². The van der Waals surface area contributed by atoms with Crippen LogP contribution >= 0.6 is 0 Å². The van der Waals surface area contributed by atoms with E-state index < -0.39 is 0 Å². The van der Waals surface area contributed by atoms with Crippen molar-refractivity contribution < 1.29 is 4.42 Å². The molecular weight excluding hydrogens is 837 g/mol. The summed E-state index contributed by atoms with van der Waals surface area (Å²) in [6.07, 6.45) is 0. The van der Waals surface area contributed by atoms with Crippen LogP contribution in [0.15, 0.2) is 271 Å². The molecule has 0 unspecified atom stereocenters. The van der Waals surface area contributed by atoms with Gasteiger partial charge in [-0.1, -0.05) is 188 Å². The predicted octanol–water partition coefficient (Wildman–Crippen LogP) is 18.5. The molecule has 0 amide bonds. The van der Waals surface area contributed by atoms with Crippen LogP contribution in [0.1, 0.15) is 0 Å². The van der Waals surface area contributed by atoms with Crippen LogP contribution in [0.3, 0.4) is 0 Å². The highest BCUT2D eigenvalue weighted by atomic mass is 16.3. The zero-order chi connectivity index (χ0) is 45.7. The largest absolute Gasteiger partial charge is 0.456 e. The number of para-hydroxylation sites is 2. The van der Waals surface area contributed by atoms with Crippen molar-refractivity contribution in [1.82, 2.24) is 4.57 Å². The molecule has 3 heteroatoms. The van der Waals surface area contributed by atoms with Crippen molar-refractivity contribution in [3.63, 3.8) is 0 Å². The summed E-state index contributed by atoms with van der Waals surface area (Å²) in [5.74, 6) is 0. The molecule has 11 aromatic carbocycles. The third kappa shape index (κ3) is 7.25. The Kier molecular flexibility index (Phi) is 9.84. The van der Waals surface area contributed by atoms with E-state index in [4.69, 9.17) is 4.42 Å². The fourth-order valence-electron chi connectivity index (χ4n) is 10.3. The lowest BCUT2D eigenvalue weighted by molar-refractivity contribution is 0.669. The minimum Gasteiger partial charge on any atom is -0.456 e. The summed E-state index contributed by atoms with van der Waals surface area (Å²) in [5.41, 5.74) is 20.3. The molecule has 69 heavy (non-hydrogen) atoms. The van der Waals surface area contributed by atoms with Crippen molar-refractivity contribution in [2.45, 2.75) is 0 Å². The van der Waals surface area contributed by atoms with Gasteiger partial charge in [0.25, 0.3) is 0 Å². The molecule has 3 nitrogen and oxygen atoms in total. The van der Waals surface area contributed by atoms with Gasteiger partial charge in [-0.15, -0.1) is 0 Å². The Balaban J connectivity index is 0.881. The van der Waals surface area contributed by atoms with Gasteiger partial charge in [0.1, 0.15) is 11.2 Å². The van der Waals surface area contributed by atoms with Gasteiger partial charge in [0.15, 0.2) is 0 Å². The first-order chi connectivity index (χ1) is 34.2. The van der Waals surface area contributed by atoms with Crippen molar-refractivity contribution in [1.29, 1.82) is 0 Å². The Morgan fingerprint density at radius 3 is 1.42 bits per heavy atom. The zero-order valence-electron chi connectivity index (χ0n) is 37.7. The molecule has 13 aromatic rings. The lowest BCUT2D eigenvalue weighted by atomic mass is 9.95. The molecule has 2 heterocycles. The van der Waals surface area contributed by atoms with Gasteiger partial charge in [0, 0.05) is 44.3 Å². The lowest BCUT2D eigenvalue weighted by Gasteiger charge is -2.26. The number of nitrogens with zero attached hydrogens (tertiary/aromatic N) is 2. The van der Waals surface area contributed by atoms with E-state index in [2.05, 4.69) is 264 Å². The first kappa shape index (κ1) is 40.1. The summed E-state index contributed by atoms with van der Waals surface area (Å²) in [6.45, 7) is 0. The second kappa shape index (κ2) is 16.9. The monoisotopic (exact) mass is 880 g/mol. The predicted molar refractivity (Wildman–Crippen MR) is 290 cm³/mol. The summed E-state index contributed by atoms with van der Waals surface area (Å²) in [5, 5.41) is 4.69. The Hall–Kier alpha value is -9.18. The quantitative estimate of drug-likeness (QED) is 0.144. The van der Waals surface area contributed by atoms with E-state index in [9.17, 15) is 0 Å². The number of anilines is 3. The van der Waals surface area contributed by atoms with Gasteiger partial charge in [-0.25, -0.2) is 0 Å². The summed E-state index contributed by atoms with van der Waals surface area (Å²) >= 11 is 0. The molecule has 0 N–H and O–H groups in total. The summed E-state index contributed by atoms with van der Waals surface area (Å²) in [6, 6.07) is 96.1. The SMILES string of the molecule is c1ccc(-c2ccc(-c3ccc(N(c4ccc(-c5ccccc5)cc4)c4cccc(-c5cccc(-c6cccc7c6c6ccccc6n7-c6ccc7oc8ccccc8c7c6)c5)c4)cc3)cc2)cc1. The molecule has 0 fully saturated rings. The Labute approximate surface area is 401 Å². The molecule has 0 bridgehead atoms. The molecule has 13 rings (SSSR count). The maximum atomic E-state index is 6.23. The van der Waals surface area contributed by atoms with E-state index in [-0.39, 0.29) is 0 Å². The van der Waals surface area contributed by atoms with Crippen LogP contribution in [0.25, 0.3) is 105 Å². The van der Waals surface area contributed by atoms with Crippen LogP contribution in [0.5, 0.6) is 0 Å².